The summed E-state index contributed by atoms with van der Waals surface area (Å²) in [6, 6.07) is 15.2. The number of carbonyl (C=O) groups is 2. The average molecular weight is 322 g/mol. The fraction of sp³-hybridized carbons (Fsp3) is 0.158. The molecule has 0 saturated heterocycles. The lowest BCUT2D eigenvalue weighted by Gasteiger charge is -2.11. The average Bonchev–Trinajstić information content (AvgIpc) is 2.94. The Hall–Kier alpha value is -3.08. The van der Waals surface area contributed by atoms with E-state index >= 15 is 0 Å². The van der Waals surface area contributed by atoms with E-state index in [1.807, 2.05) is 54.0 Å². The molecule has 0 radical (unpaired) electrons. The number of benzene rings is 2. The van der Waals surface area contributed by atoms with Gasteiger partial charge in [-0.3, -0.25) is 9.59 Å². The number of amides is 1. The van der Waals surface area contributed by atoms with E-state index in [0.29, 0.717) is 12.1 Å². The maximum absolute atomic E-state index is 11.9. The van der Waals surface area contributed by atoms with E-state index in [2.05, 4.69) is 0 Å². The first-order valence-electron chi connectivity index (χ1n) is 7.69. The molecule has 1 heterocycles. The second-order valence-corrected chi connectivity index (χ2v) is 5.80. The molecule has 0 fully saturated rings. The van der Waals surface area contributed by atoms with Crippen molar-refractivity contribution in [2.24, 2.45) is 5.73 Å². The predicted molar refractivity (Wildman–Crippen MR) is 92.5 cm³/mol. The standard InChI is InChI=1S/C19H18N2O3/c1-12-4-2-7-16-15(12)11-17(19(20)24)21(16)14-6-3-5-13(10-14)8-9-18(22)23/h2-7,10-11H,8-9H2,1H3,(H2,20,24)(H,22,23). The minimum Gasteiger partial charge on any atom is -0.481 e. The van der Waals surface area contributed by atoms with Gasteiger partial charge in [0.1, 0.15) is 5.69 Å². The second kappa shape index (κ2) is 6.20. The SMILES string of the molecule is Cc1cccc2c1cc(C(N)=O)n2-c1cccc(CCC(=O)O)c1. The summed E-state index contributed by atoms with van der Waals surface area (Å²) in [4.78, 5) is 22.7. The molecule has 3 N–H and O–H groups in total. The molecular formula is C19H18N2O3. The largest absolute Gasteiger partial charge is 0.481 e. The van der Waals surface area contributed by atoms with E-state index < -0.39 is 11.9 Å². The van der Waals surface area contributed by atoms with Crippen molar-refractivity contribution in [2.45, 2.75) is 19.8 Å². The van der Waals surface area contributed by atoms with Crippen molar-refractivity contribution in [1.82, 2.24) is 4.57 Å². The van der Waals surface area contributed by atoms with Crippen LogP contribution in [0, 0.1) is 6.92 Å². The zero-order valence-electron chi connectivity index (χ0n) is 13.3. The maximum atomic E-state index is 11.9. The van der Waals surface area contributed by atoms with Gasteiger partial charge in [-0.1, -0.05) is 24.3 Å². The minimum absolute atomic E-state index is 0.0671. The van der Waals surface area contributed by atoms with E-state index in [0.717, 1.165) is 27.7 Å². The number of nitrogens with two attached hydrogens (primary N) is 1. The molecule has 3 rings (SSSR count). The van der Waals surface area contributed by atoms with Gasteiger partial charge < -0.3 is 15.4 Å². The van der Waals surface area contributed by atoms with Crippen molar-refractivity contribution in [3.63, 3.8) is 0 Å². The molecule has 0 aliphatic rings. The van der Waals surface area contributed by atoms with Crippen LogP contribution in [0.4, 0.5) is 0 Å². The van der Waals surface area contributed by atoms with Crippen LogP contribution in [0.15, 0.2) is 48.5 Å². The minimum atomic E-state index is -0.833. The van der Waals surface area contributed by atoms with Crippen molar-refractivity contribution in [1.29, 1.82) is 0 Å². The van der Waals surface area contributed by atoms with Gasteiger partial charge >= 0.3 is 5.97 Å². The van der Waals surface area contributed by atoms with Gasteiger partial charge in [-0.2, -0.15) is 0 Å². The highest BCUT2D eigenvalue weighted by molar-refractivity contribution is 6.00. The first-order valence-corrected chi connectivity index (χ1v) is 7.69. The molecule has 0 saturated carbocycles. The summed E-state index contributed by atoms with van der Waals surface area (Å²) in [6.45, 7) is 1.99. The van der Waals surface area contributed by atoms with Crippen molar-refractivity contribution in [3.8, 4) is 5.69 Å². The van der Waals surface area contributed by atoms with Gasteiger partial charge in [0, 0.05) is 17.5 Å². The summed E-state index contributed by atoms with van der Waals surface area (Å²) in [5, 5.41) is 9.82. The summed E-state index contributed by atoms with van der Waals surface area (Å²) < 4.78 is 1.83. The summed E-state index contributed by atoms with van der Waals surface area (Å²) in [6.07, 6.45) is 0.505. The topological polar surface area (TPSA) is 85.3 Å². The highest BCUT2D eigenvalue weighted by atomic mass is 16.4. The molecule has 1 amide bonds. The van der Waals surface area contributed by atoms with Crippen molar-refractivity contribution in [3.05, 3.63) is 65.4 Å². The third-order valence-corrected chi connectivity index (χ3v) is 4.11. The van der Waals surface area contributed by atoms with Gasteiger partial charge in [0.25, 0.3) is 5.91 Å². The quantitative estimate of drug-likeness (QED) is 0.757. The molecule has 5 heteroatoms. The second-order valence-electron chi connectivity index (χ2n) is 5.80. The van der Waals surface area contributed by atoms with Gasteiger partial charge in [-0.25, -0.2) is 0 Å². The lowest BCUT2D eigenvalue weighted by molar-refractivity contribution is -0.136. The smallest absolute Gasteiger partial charge is 0.303 e. The summed E-state index contributed by atoms with van der Waals surface area (Å²) in [5.41, 5.74) is 9.65. The lowest BCUT2D eigenvalue weighted by Crippen LogP contribution is -2.16. The number of aromatic nitrogens is 1. The van der Waals surface area contributed by atoms with Gasteiger partial charge in [-0.15, -0.1) is 0 Å². The van der Waals surface area contributed by atoms with Crippen LogP contribution in [0.2, 0.25) is 0 Å². The Morgan fingerprint density at radius 2 is 1.88 bits per heavy atom. The van der Waals surface area contributed by atoms with E-state index in [9.17, 15) is 9.59 Å². The third kappa shape index (κ3) is 2.88. The van der Waals surface area contributed by atoms with Crippen LogP contribution in [0.1, 0.15) is 28.0 Å². The molecular weight excluding hydrogens is 304 g/mol. The van der Waals surface area contributed by atoms with E-state index in [-0.39, 0.29) is 6.42 Å². The molecule has 3 aromatic rings. The summed E-state index contributed by atoms with van der Waals surface area (Å²) in [5.74, 6) is -1.33. The number of hydrogen-bond donors (Lipinski definition) is 2. The first-order chi connectivity index (χ1) is 11.5. The molecule has 0 aliphatic heterocycles. The van der Waals surface area contributed by atoms with Crippen LogP contribution in [0.25, 0.3) is 16.6 Å². The third-order valence-electron chi connectivity index (χ3n) is 4.11. The molecule has 0 spiro atoms. The van der Waals surface area contributed by atoms with Gasteiger partial charge in [0.2, 0.25) is 0 Å². The number of carboxylic acids is 1. The van der Waals surface area contributed by atoms with Crippen molar-refractivity contribution >= 4 is 22.8 Å². The van der Waals surface area contributed by atoms with Crippen LogP contribution in [0.5, 0.6) is 0 Å². The molecule has 24 heavy (non-hydrogen) atoms. The van der Waals surface area contributed by atoms with Crippen LogP contribution in [0.3, 0.4) is 0 Å². The molecule has 0 aliphatic carbocycles. The molecule has 2 aromatic carbocycles. The lowest BCUT2D eigenvalue weighted by atomic mass is 10.1. The Kier molecular flexibility index (Phi) is 4.08. The number of rotatable bonds is 5. The monoisotopic (exact) mass is 322 g/mol. The van der Waals surface area contributed by atoms with Crippen LogP contribution >= 0.6 is 0 Å². The Balaban J connectivity index is 2.16. The number of nitrogens with zero attached hydrogens (tertiary/aromatic N) is 1. The van der Waals surface area contributed by atoms with Crippen molar-refractivity contribution < 1.29 is 14.7 Å². The maximum Gasteiger partial charge on any atom is 0.303 e. The van der Waals surface area contributed by atoms with Crippen LogP contribution in [-0.2, 0) is 11.2 Å². The van der Waals surface area contributed by atoms with E-state index in [4.69, 9.17) is 10.8 Å². The number of fused-ring (bicyclic) bond motifs is 1. The number of primary amides is 1. The van der Waals surface area contributed by atoms with Gasteiger partial charge in [-0.05, 0) is 48.7 Å². The molecule has 122 valence electrons. The molecule has 5 nitrogen and oxygen atoms in total. The zero-order valence-corrected chi connectivity index (χ0v) is 13.3. The highest BCUT2D eigenvalue weighted by Gasteiger charge is 2.16. The first kappa shape index (κ1) is 15.8. The fourth-order valence-corrected chi connectivity index (χ4v) is 2.94. The molecule has 1 aromatic heterocycles. The van der Waals surface area contributed by atoms with Crippen LogP contribution in [-0.4, -0.2) is 21.6 Å². The number of aryl methyl sites for hydroxylation is 2. The number of hydrogen-bond acceptors (Lipinski definition) is 2. The van der Waals surface area contributed by atoms with Gasteiger partial charge in [0.05, 0.1) is 5.52 Å². The molecule has 0 bridgehead atoms. The zero-order chi connectivity index (χ0) is 17.3. The molecule has 0 unspecified atom stereocenters. The Labute approximate surface area is 139 Å². The highest BCUT2D eigenvalue weighted by Crippen LogP contribution is 2.27. The Bertz CT molecular complexity index is 941. The van der Waals surface area contributed by atoms with Crippen molar-refractivity contribution in [2.75, 3.05) is 0 Å². The Morgan fingerprint density at radius 1 is 1.12 bits per heavy atom. The predicted octanol–water partition coefficient (Wildman–Crippen LogP) is 3.06. The molecule has 0 atom stereocenters. The normalized spacial score (nSPS) is 10.9. The van der Waals surface area contributed by atoms with Gasteiger partial charge in [0.15, 0.2) is 0 Å². The number of aliphatic carboxylic acids is 1. The Morgan fingerprint density at radius 3 is 2.58 bits per heavy atom. The number of carboxylic acid groups (broad SMARTS) is 1. The summed E-state index contributed by atoms with van der Waals surface area (Å²) >= 11 is 0. The fourth-order valence-electron chi connectivity index (χ4n) is 2.94. The van der Waals surface area contributed by atoms with Crippen LogP contribution < -0.4 is 5.73 Å². The van der Waals surface area contributed by atoms with E-state index in [1.54, 1.807) is 6.07 Å². The summed E-state index contributed by atoms with van der Waals surface area (Å²) in [7, 11) is 0. The number of carbonyl (C=O) groups excluding carboxylic acids is 1. The van der Waals surface area contributed by atoms with E-state index in [1.165, 1.54) is 0 Å².